The van der Waals surface area contributed by atoms with Gasteiger partial charge in [0, 0.05) is 17.3 Å². The Kier molecular flexibility index (Phi) is 5.53. The van der Waals surface area contributed by atoms with Crippen LogP contribution in [-0.2, 0) is 4.74 Å². The summed E-state index contributed by atoms with van der Waals surface area (Å²) in [4.78, 5) is 23.3. The predicted molar refractivity (Wildman–Crippen MR) is 109 cm³/mol. The first-order chi connectivity index (χ1) is 15.0. The van der Waals surface area contributed by atoms with Gasteiger partial charge in [-0.3, -0.25) is 15.2 Å². The Morgan fingerprint density at radius 2 is 2.16 bits per heavy atom. The van der Waals surface area contributed by atoms with E-state index in [1.54, 1.807) is 49.8 Å². The lowest BCUT2D eigenvalue weighted by atomic mass is 10.1. The number of anilines is 1. The third kappa shape index (κ3) is 4.32. The molecule has 0 bridgehead atoms. The number of amidine groups is 1. The Bertz CT molecular complexity index is 1150. The summed E-state index contributed by atoms with van der Waals surface area (Å²) < 4.78 is 20.1. The van der Waals surface area contributed by atoms with Crippen LogP contribution in [0, 0.1) is 17.3 Å². The molecule has 0 aliphatic carbocycles. The zero-order chi connectivity index (χ0) is 21.8. The molecule has 0 radical (unpaired) electrons. The molecule has 0 saturated carbocycles. The summed E-state index contributed by atoms with van der Waals surface area (Å²) in [6.45, 7) is 2.07. The van der Waals surface area contributed by atoms with Gasteiger partial charge in [-0.05, 0) is 37.3 Å². The topological polar surface area (TPSA) is 121 Å². The summed E-state index contributed by atoms with van der Waals surface area (Å²) in [5, 5.41) is 19.0. The van der Waals surface area contributed by atoms with Gasteiger partial charge in [-0.1, -0.05) is 0 Å². The van der Waals surface area contributed by atoms with E-state index in [0.29, 0.717) is 28.5 Å². The van der Waals surface area contributed by atoms with E-state index in [1.165, 1.54) is 22.0 Å². The first-order valence-corrected chi connectivity index (χ1v) is 9.32. The molecule has 0 spiro atoms. The van der Waals surface area contributed by atoms with E-state index in [9.17, 15) is 9.18 Å². The van der Waals surface area contributed by atoms with E-state index in [2.05, 4.69) is 25.5 Å². The van der Waals surface area contributed by atoms with Gasteiger partial charge in [-0.2, -0.15) is 15.5 Å². The molecule has 1 saturated heterocycles. The third-order valence-corrected chi connectivity index (χ3v) is 4.59. The van der Waals surface area contributed by atoms with Crippen molar-refractivity contribution in [2.45, 2.75) is 13.0 Å². The largest absolute Gasteiger partial charge is 0.442 e. The van der Waals surface area contributed by atoms with Crippen LogP contribution in [0.5, 0.6) is 0 Å². The van der Waals surface area contributed by atoms with Gasteiger partial charge in [0.15, 0.2) is 12.0 Å². The fraction of sp³-hybridized carbons (Fsp3) is 0.200. The van der Waals surface area contributed by atoms with Gasteiger partial charge in [0.05, 0.1) is 31.2 Å². The van der Waals surface area contributed by atoms with Crippen LogP contribution in [0.15, 0.2) is 53.9 Å². The maximum atomic E-state index is 14.8. The van der Waals surface area contributed by atoms with Crippen LogP contribution >= 0.6 is 0 Å². The van der Waals surface area contributed by atoms with Gasteiger partial charge in [0.25, 0.3) is 0 Å². The molecule has 1 aliphatic heterocycles. The van der Waals surface area contributed by atoms with Crippen LogP contribution in [0.3, 0.4) is 0 Å². The number of carbonyl (C=O) groups excluding carboxylic acids is 1. The lowest BCUT2D eigenvalue weighted by Gasteiger charge is -2.14. The number of halogens is 1. The molecule has 11 heteroatoms. The Morgan fingerprint density at radius 1 is 1.35 bits per heavy atom. The molecule has 156 valence electrons. The monoisotopic (exact) mass is 420 g/mol. The van der Waals surface area contributed by atoms with Gasteiger partial charge in [-0.15, -0.1) is 4.80 Å². The van der Waals surface area contributed by atoms with Crippen LogP contribution in [0.2, 0.25) is 0 Å². The Hall–Kier alpha value is -4.33. The normalized spacial score (nSPS) is 16.2. The van der Waals surface area contributed by atoms with Gasteiger partial charge in [0.1, 0.15) is 17.8 Å². The van der Waals surface area contributed by atoms with Crippen LogP contribution in [0.1, 0.15) is 6.92 Å². The maximum Gasteiger partial charge on any atom is 0.414 e. The summed E-state index contributed by atoms with van der Waals surface area (Å²) in [6.07, 6.45) is 5.32. The number of carbonyl (C=O) groups is 1. The van der Waals surface area contributed by atoms with Crippen molar-refractivity contribution < 1.29 is 13.9 Å². The summed E-state index contributed by atoms with van der Waals surface area (Å²) in [5.74, 6) is 0.447. The molecule has 1 amide bonds. The number of nitrogens with zero attached hydrogens (tertiary/aromatic N) is 7. The lowest BCUT2D eigenvalue weighted by molar-refractivity contribution is 0.145. The van der Waals surface area contributed by atoms with Crippen LogP contribution in [-0.4, -0.2) is 51.1 Å². The minimum atomic E-state index is -0.573. The molecule has 3 aromatic rings. The third-order valence-electron chi connectivity index (χ3n) is 4.59. The molecular weight excluding hydrogens is 403 g/mol. The Balaban J connectivity index is 1.48. The number of aliphatic imine (C=N–C) groups is 1. The average Bonchev–Trinajstić information content (AvgIpc) is 3.43. The molecule has 3 heterocycles. The van der Waals surface area contributed by atoms with Crippen molar-refractivity contribution in [3.63, 3.8) is 0 Å². The zero-order valence-electron chi connectivity index (χ0n) is 16.4. The minimum absolute atomic E-state index is 0.201. The second-order valence-electron chi connectivity index (χ2n) is 6.67. The molecule has 0 unspecified atom stereocenters. The highest BCUT2D eigenvalue weighted by molar-refractivity contribution is 5.90. The van der Waals surface area contributed by atoms with Crippen molar-refractivity contribution in [3.05, 3.63) is 54.7 Å². The van der Waals surface area contributed by atoms with Crippen molar-refractivity contribution in [3.8, 4) is 23.1 Å². The second-order valence-corrected chi connectivity index (χ2v) is 6.67. The molecule has 1 aliphatic rings. The van der Waals surface area contributed by atoms with Crippen LogP contribution in [0.4, 0.5) is 14.9 Å². The minimum Gasteiger partial charge on any atom is -0.442 e. The molecular formula is C20H17FN8O2. The van der Waals surface area contributed by atoms with Crippen molar-refractivity contribution in [1.82, 2.24) is 25.3 Å². The number of rotatable bonds is 5. The van der Waals surface area contributed by atoms with Crippen molar-refractivity contribution in [1.29, 1.82) is 5.26 Å². The number of aromatic nitrogens is 4. The second kappa shape index (κ2) is 8.58. The smallest absolute Gasteiger partial charge is 0.414 e. The first kappa shape index (κ1) is 20.0. The summed E-state index contributed by atoms with van der Waals surface area (Å²) in [5.41, 5.74) is 1.31. The van der Waals surface area contributed by atoms with Crippen LogP contribution in [0.25, 0.3) is 16.9 Å². The molecule has 1 atom stereocenters. The highest BCUT2D eigenvalue weighted by atomic mass is 19.1. The number of cyclic esters (lactones) is 1. The lowest BCUT2D eigenvalue weighted by Crippen LogP contribution is -2.25. The SMILES string of the molecule is CC(=NC[C@H]1CN(c2ccc(-c3ccc(-n4nccn4)nc3)c(F)c2)C(=O)O1)NC#N. The van der Waals surface area contributed by atoms with E-state index >= 15 is 0 Å². The van der Waals surface area contributed by atoms with Crippen molar-refractivity contribution in [2.75, 3.05) is 18.0 Å². The highest BCUT2D eigenvalue weighted by Gasteiger charge is 2.32. The van der Waals surface area contributed by atoms with Crippen molar-refractivity contribution in [2.24, 2.45) is 4.99 Å². The molecule has 2 aromatic heterocycles. The standard InChI is InChI=1S/C20H17FN8O2/c1-13(25-12-22)23-10-16-11-28(20(30)31-16)15-3-4-17(18(21)8-15)14-2-5-19(24-9-14)29-26-6-7-27-29/h2-9,16H,10-11H2,1H3,(H,23,25)/t16-/m0/s1. The van der Waals surface area contributed by atoms with E-state index < -0.39 is 18.0 Å². The first-order valence-electron chi connectivity index (χ1n) is 9.32. The Morgan fingerprint density at radius 3 is 2.84 bits per heavy atom. The number of amides is 1. The van der Waals surface area contributed by atoms with E-state index in [-0.39, 0.29) is 13.1 Å². The van der Waals surface area contributed by atoms with Crippen molar-refractivity contribution >= 4 is 17.6 Å². The number of ether oxygens (including phenoxy) is 1. The van der Waals surface area contributed by atoms with Gasteiger partial charge in [0.2, 0.25) is 0 Å². The fourth-order valence-corrected chi connectivity index (χ4v) is 3.09. The van der Waals surface area contributed by atoms with Gasteiger partial charge < -0.3 is 4.74 Å². The number of benzene rings is 1. The predicted octanol–water partition coefficient (Wildman–Crippen LogP) is 2.28. The van der Waals surface area contributed by atoms with Gasteiger partial charge in [-0.25, -0.2) is 14.2 Å². The fourth-order valence-electron chi connectivity index (χ4n) is 3.09. The molecule has 10 nitrogen and oxygen atoms in total. The number of hydrogen-bond donors (Lipinski definition) is 1. The highest BCUT2D eigenvalue weighted by Crippen LogP contribution is 2.29. The molecule has 1 fully saturated rings. The van der Waals surface area contributed by atoms with E-state index in [4.69, 9.17) is 10.00 Å². The quantitative estimate of drug-likeness (QED) is 0.291. The summed E-state index contributed by atoms with van der Waals surface area (Å²) in [6, 6.07) is 7.94. The molecule has 4 rings (SSSR count). The van der Waals surface area contributed by atoms with E-state index in [0.717, 1.165) is 0 Å². The van der Waals surface area contributed by atoms with Gasteiger partial charge >= 0.3 is 6.09 Å². The Labute approximate surface area is 176 Å². The molecule has 1 N–H and O–H groups in total. The molecule has 1 aromatic carbocycles. The number of nitrogens with one attached hydrogen (secondary N) is 1. The maximum absolute atomic E-state index is 14.8. The molecule has 31 heavy (non-hydrogen) atoms. The summed E-state index contributed by atoms with van der Waals surface area (Å²) in [7, 11) is 0. The average molecular weight is 420 g/mol. The number of pyridine rings is 1. The number of nitriles is 1. The number of hydrogen-bond acceptors (Lipinski definition) is 7. The van der Waals surface area contributed by atoms with Crippen LogP contribution < -0.4 is 10.2 Å². The van der Waals surface area contributed by atoms with E-state index in [1.807, 2.05) is 0 Å². The summed E-state index contributed by atoms with van der Waals surface area (Å²) >= 11 is 0. The zero-order valence-corrected chi connectivity index (χ0v) is 16.4.